The Hall–Kier alpha value is -2.39. The van der Waals surface area contributed by atoms with Gasteiger partial charge in [-0.2, -0.15) is 5.10 Å². The smallest absolute Gasteiger partial charge is 0.273 e. The number of hydrogen-bond acceptors (Lipinski definition) is 5. The first-order valence-electron chi connectivity index (χ1n) is 8.10. The summed E-state index contributed by atoms with van der Waals surface area (Å²) in [6.07, 6.45) is 7.14. The normalized spacial score (nSPS) is 17.8. The van der Waals surface area contributed by atoms with Gasteiger partial charge in [-0.25, -0.2) is 4.98 Å². The lowest BCUT2D eigenvalue weighted by atomic mass is 10.1. The monoisotopic (exact) mass is 403 g/mol. The number of hydrogen-bond donors (Lipinski definition) is 4. The molecule has 25 heavy (non-hydrogen) atoms. The number of pyridine rings is 1. The van der Waals surface area contributed by atoms with Gasteiger partial charge < -0.3 is 20.9 Å². The molecule has 0 unspecified atom stereocenters. The first kappa shape index (κ1) is 16.1. The second-order valence-electron chi connectivity index (χ2n) is 6.15. The number of nitrogens with zero attached hydrogens (tertiary/aromatic N) is 3. The zero-order valence-electron chi connectivity index (χ0n) is 13.4. The van der Waals surface area contributed by atoms with E-state index in [9.17, 15) is 4.79 Å². The highest BCUT2D eigenvalue weighted by Crippen LogP contribution is 2.38. The van der Waals surface area contributed by atoms with Gasteiger partial charge in [0, 0.05) is 37.7 Å². The number of nitrogens with one attached hydrogen (secondary N) is 3. The Kier molecular flexibility index (Phi) is 4.18. The summed E-state index contributed by atoms with van der Waals surface area (Å²) in [5.41, 5.74) is 8.95. The Morgan fingerprint density at radius 1 is 1.48 bits per heavy atom. The molecule has 8 nitrogen and oxygen atoms in total. The van der Waals surface area contributed by atoms with Crippen molar-refractivity contribution in [3.8, 4) is 0 Å². The van der Waals surface area contributed by atoms with E-state index in [0.717, 1.165) is 47.1 Å². The zero-order valence-corrected chi connectivity index (χ0v) is 15.0. The number of nitrogens with two attached hydrogens (primary N) is 1. The number of carbonyl (C=O) groups excluding carboxylic acids is 1. The van der Waals surface area contributed by atoms with Gasteiger partial charge in [-0.3, -0.25) is 9.89 Å². The van der Waals surface area contributed by atoms with Crippen molar-refractivity contribution in [2.75, 3.05) is 23.3 Å². The molecule has 4 rings (SSSR count). The predicted molar refractivity (Wildman–Crippen MR) is 99.8 cm³/mol. The van der Waals surface area contributed by atoms with E-state index in [0.29, 0.717) is 11.4 Å². The van der Waals surface area contributed by atoms with Crippen molar-refractivity contribution in [2.45, 2.75) is 18.9 Å². The van der Waals surface area contributed by atoms with Gasteiger partial charge in [0.15, 0.2) is 0 Å². The molecular formula is C16H18BrN7O. The molecule has 0 spiro atoms. The maximum absolute atomic E-state index is 12.4. The average molecular weight is 404 g/mol. The molecule has 5 N–H and O–H groups in total. The Balaban J connectivity index is 1.76. The average Bonchev–Trinajstić information content (AvgIpc) is 3.25. The van der Waals surface area contributed by atoms with E-state index in [1.54, 1.807) is 24.7 Å². The van der Waals surface area contributed by atoms with Crippen LogP contribution in [0.1, 0.15) is 23.3 Å². The van der Waals surface area contributed by atoms with Gasteiger partial charge in [-0.1, -0.05) is 0 Å². The number of halogens is 1. The van der Waals surface area contributed by atoms with Gasteiger partial charge in [0.1, 0.15) is 11.3 Å². The van der Waals surface area contributed by atoms with Crippen LogP contribution in [0.4, 0.5) is 11.4 Å². The Morgan fingerprint density at radius 2 is 2.36 bits per heavy atom. The van der Waals surface area contributed by atoms with Crippen LogP contribution in [0.2, 0.25) is 0 Å². The third-order valence-corrected chi connectivity index (χ3v) is 4.98. The molecule has 1 atom stereocenters. The Bertz CT molecular complexity index is 905. The number of H-pyrrole nitrogens is 2. The number of carbonyl (C=O) groups is 1. The second kappa shape index (κ2) is 6.49. The van der Waals surface area contributed by atoms with Crippen molar-refractivity contribution in [2.24, 2.45) is 5.73 Å². The van der Waals surface area contributed by atoms with Crippen LogP contribution in [0, 0.1) is 0 Å². The highest BCUT2D eigenvalue weighted by molar-refractivity contribution is 9.10. The van der Waals surface area contributed by atoms with E-state index in [1.165, 1.54) is 0 Å². The predicted octanol–water partition coefficient (Wildman–Crippen LogP) is 2.23. The molecule has 3 aromatic heterocycles. The molecular weight excluding hydrogens is 386 g/mol. The van der Waals surface area contributed by atoms with E-state index >= 15 is 0 Å². The number of amides is 1. The zero-order chi connectivity index (χ0) is 17.4. The van der Waals surface area contributed by atoms with Gasteiger partial charge >= 0.3 is 0 Å². The summed E-state index contributed by atoms with van der Waals surface area (Å²) in [5, 5.41) is 10.3. The van der Waals surface area contributed by atoms with Crippen LogP contribution in [0.15, 0.2) is 29.1 Å². The summed E-state index contributed by atoms with van der Waals surface area (Å²) in [4.78, 5) is 22.2. The van der Waals surface area contributed by atoms with Crippen molar-refractivity contribution in [3.05, 3.63) is 34.8 Å². The lowest BCUT2D eigenvalue weighted by Crippen LogP contribution is -2.43. The van der Waals surface area contributed by atoms with Crippen LogP contribution in [0.5, 0.6) is 0 Å². The molecule has 1 aliphatic heterocycles. The molecule has 1 fully saturated rings. The molecule has 9 heteroatoms. The summed E-state index contributed by atoms with van der Waals surface area (Å²) in [7, 11) is 0. The first-order valence-corrected chi connectivity index (χ1v) is 8.89. The van der Waals surface area contributed by atoms with Gasteiger partial charge in [-0.15, -0.1) is 0 Å². The van der Waals surface area contributed by atoms with Crippen molar-refractivity contribution >= 4 is 44.2 Å². The number of rotatable bonds is 3. The molecule has 0 radical (unpaired) electrons. The van der Waals surface area contributed by atoms with Crippen LogP contribution in [-0.2, 0) is 0 Å². The molecule has 0 bridgehead atoms. The first-order chi connectivity index (χ1) is 12.1. The fourth-order valence-electron chi connectivity index (χ4n) is 3.25. The van der Waals surface area contributed by atoms with Crippen molar-refractivity contribution < 1.29 is 4.79 Å². The molecule has 1 saturated heterocycles. The lowest BCUT2D eigenvalue weighted by molar-refractivity contribution is 0.102. The summed E-state index contributed by atoms with van der Waals surface area (Å²) >= 11 is 3.61. The quantitative estimate of drug-likeness (QED) is 0.534. The summed E-state index contributed by atoms with van der Waals surface area (Å²) in [6.45, 7) is 1.70. The topological polar surface area (TPSA) is 116 Å². The third-order valence-electron chi connectivity index (χ3n) is 4.40. The van der Waals surface area contributed by atoms with Crippen molar-refractivity contribution in [1.29, 1.82) is 0 Å². The molecule has 0 aliphatic carbocycles. The Morgan fingerprint density at radius 3 is 3.12 bits per heavy atom. The van der Waals surface area contributed by atoms with E-state index in [2.05, 4.69) is 46.3 Å². The highest BCUT2D eigenvalue weighted by atomic mass is 79.9. The molecule has 1 aliphatic rings. The highest BCUT2D eigenvalue weighted by Gasteiger charge is 2.24. The van der Waals surface area contributed by atoms with Crippen LogP contribution in [0.3, 0.4) is 0 Å². The van der Waals surface area contributed by atoms with Gasteiger partial charge in [0.2, 0.25) is 0 Å². The summed E-state index contributed by atoms with van der Waals surface area (Å²) < 4.78 is 0.880. The minimum Gasteiger partial charge on any atom is -0.368 e. The number of aromatic nitrogens is 4. The minimum absolute atomic E-state index is 0.144. The molecule has 3 aromatic rings. The van der Waals surface area contributed by atoms with Crippen LogP contribution in [-0.4, -0.2) is 45.2 Å². The summed E-state index contributed by atoms with van der Waals surface area (Å²) in [5.74, 6) is -0.250. The van der Waals surface area contributed by atoms with Crippen LogP contribution >= 0.6 is 15.9 Å². The SMILES string of the molecule is N[C@@H]1CCCN(c2c(Br)cnc3[nH]cc(NC(=O)c4ccn[nH]4)c23)C1. The van der Waals surface area contributed by atoms with Gasteiger partial charge in [0.25, 0.3) is 5.91 Å². The van der Waals surface area contributed by atoms with E-state index in [1.807, 2.05) is 0 Å². The number of anilines is 2. The molecule has 0 saturated carbocycles. The second-order valence-corrected chi connectivity index (χ2v) is 7.01. The fourth-order valence-corrected chi connectivity index (χ4v) is 3.80. The van der Waals surface area contributed by atoms with E-state index in [4.69, 9.17) is 5.73 Å². The number of fused-ring (bicyclic) bond motifs is 1. The largest absolute Gasteiger partial charge is 0.368 e. The van der Waals surface area contributed by atoms with Gasteiger partial charge in [-0.05, 0) is 34.8 Å². The van der Waals surface area contributed by atoms with Crippen molar-refractivity contribution in [1.82, 2.24) is 20.2 Å². The standard InChI is InChI=1S/C16H18BrN7O/c17-10-6-19-15-13(14(10)24-5-1-2-9(18)8-24)12(7-20-15)22-16(25)11-3-4-21-23-11/h3-4,6-7,9H,1-2,5,8,18H2,(H,19,20)(H,21,23)(H,22,25)/t9-/m1/s1. The van der Waals surface area contributed by atoms with E-state index in [-0.39, 0.29) is 11.9 Å². The molecule has 0 aromatic carbocycles. The minimum atomic E-state index is -0.250. The van der Waals surface area contributed by atoms with Crippen molar-refractivity contribution in [3.63, 3.8) is 0 Å². The molecule has 4 heterocycles. The summed E-state index contributed by atoms with van der Waals surface area (Å²) in [6, 6.07) is 1.77. The van der Waals surface area contributed by atoms with E-state index < -0.39 is 0 Å². The van der Waals surface area contributed by atoms with Gasteiger partial charge in [0.05, 0.1) is 21.2 Å². The maximum atomic E-state index is 12.4. The molecule has 130 valence electrons. The number of aromatic amines is 2. The maximum Gasteiger partial charge on any atom is 0.273 e. The fraction of sp³-hybridized carbons (Fsp3) is 0.312. The third kappa shape index (κ3) is 3.00. The van der Waals surface area contributed by atoms with Crippen LogP contribution in [0.25, 0.3) is 11.0 Å². The van der Waals surface area contributed by atoms with Crippen LogP contribution < -0.4 is 16.0 Å². The number of piperidine rings is 1. The Labute approximate surface area is 152 Å². The molecule has 1 amide bonds. The lowest BCUT2D eigenvalue weighted by Gasteiger charge is -2.33.